The molecule has 4 rings (SSSR count). The number of para-hydroxylation sites is 1. The van der Waals surface area contributed by atoms with E-state index in [0.717, 1.165) is 11.9 Å². The number of aryl methyl sites for hydroxylation is 1. The maximum Gasteiger partial charge on any atom is 0.0790 e. The van der Waals surface area contributed by atoms with Crippen LogP contribution in [0.5, 0.6) is 0 Å². The number of rotatable bonds is 18. The van der Waals surface area contributed by atoms with Crippen molar-refractivity contribution in [2.24, 2.45) is 0 Å². The predicted octanol–water partition coefficient (Wildman–Crippen LogP) is 11.7. The van der Waals surface area contributed by atoms with Crippen molar-refractivity contribution in [3.63, 3.8) is 0 Å². The van der Waals surface area contributed by atoms with Crippen LogP contribution in [-0.2, 0) is 6.42 Å². The third-order valence-corrected chi connectivity index (χ3v) is 8.22. The molecule has 4 aromatic rings. The predicted molar refractivity (Wildman–Crippen MR) is 165 cm³/mol. The highest BCUT2D eigenvalue weighted by atomic mass is 14.7. The van der Waals surface area contributed by atoms with Crippen LogP contribution >= 0.6 is 0 Å². The van der Waals surface area contributed by atoms with Crippen LogP contribution in [0.15, 0.2) is 60.7 Å². The van der Waals surface area contributed by atoms with Gasteiger partial charge in [-0.25, -0.2) is 4.98 Å². The van der Waals surface area contributed by atoms with Gasteiger partial charge >= 0.3 is 0 Å². The normalized spacial score (nSPS) is 11.7. The molecule has 3 aromatic carbocycles. The number of fused-ring (bicyclic) bond motifs is 4. The second kappa shape index (κ2) is 15.8. The molecule has 0 aliphatic rings. The van der Waals surface area contributed by atoms with Gasteiger partial charge < -0.3 is 0 Å². The molecule has 0 spiro atoms. The van der Waals surface area contributed by atoms with E-state index in [-0.39, 0.29) is 0 Å². The molecule has 0 unspecified atom stereocenters. The van der Waals surface area contributed by atoms with E-state index in [2.05, 4.69) is 67.6 Å². The summed E-state index contributed by atoms with van der Waals surface area (Å²) in [5, 5.41) is 5.23. The van der Waals surface area contributed by atoms with Crippen molar-refractivity contribution in [3.05, 3.63) is 66.2 Å². The van der Waals surface area contributed by atoms with Crippen LogP contribution in [0.3, 0.4) is 0 Å². The Kier molecular flexibility index (Phi) is 11.8. The Labute approximate surface area is 226 Å². The lowest BCUT2D eigenvalue weighted by atomic mass is 9.95. The van der Waals surface area contributed by atoms with Gasteiger partial charge in [-0.3, -0.25) is 0 Å². The molecule has 0 aliphatic heterocycles. The highest BCUT2D eigenvalue weighted by molar-refractivity contribution is 6.10. The summed E-state index contributed by atoms with van der Waals surface area (Å²) >= 11 is 0. The zero-order valence-electron chi connectivity index (χ0n) is 23.4. The first-order valence-corrected chi connectivity index (χ1v) is 15.6. The van der Waals surface area contributed by atoms with Gasteiger partial charge in [-0.05, 0) is 29.9 Å². The van der Waals surface area contributed by atoms with Gasteiger partial charge in [0.2, 0.25) is 0 Å². The highest BCUT2D eigenvalue weighted by Crippen LogP contribution is 2.32. The van der Waals surface area contributed by atoms with Crippen LogP contribution in [0.2, 0.25) is 0 Å². The van der Waals surface area contributed by atoms with Crippen molar-refractivity contribution in [2.45, 2.75) is 122 Å². The maximum absolute atomic E-state index is 5.09. The lowest BCUT2D eigenvalue weighted by Crippen LogP contribution is -1.94. The number of unbranched alkanes of at least 4 members (excludes halogenated alkanes) is 16. The first-order chi connectivity index (χ1) is 18.4. The van der Waals surface area contributed by atoms with Gasteiger partial charge in [0.05, 0.1) is 11.0 Å². The minimum Gasteiger partial charge on any atom is -0.247 e. The molecule has 0 fully saturated rings. The smallest absolute Gasteiger partial charge is 0.0790 e. The zero-order valence-corrected chi connectivity index (χ0v) is 23.4. The summed E-state index contributed by atoms with van der Waals surface area (Å²) in [4.78, 5) is 5.09. The summed E-state index contributed by atoms with van der Waals surface area (Å²) < 4.78 is 0. The Bertz CT molecular complexity index is 1210. The quantitative estimate of drug-likeness (QED) is 0.0759. The number of hydrogen-bond donors (Lipinski definition) is 0. The second-order valence-corrected chi connectivity index (χ2v) is 11.2. The fraction of sp³-hybridized carbons (Fsp3) is 0.528. The molecule has 0 atom stereocenters. The van der Waals surface area contributed by atoms with Crippen LogP contribution in [0.25, 0.3) is 32.6 Å². The van der Waals surface area contributed by atoms with Crippen molar-refractivity contribution in [1.29, 1.82) is 0 Å². The zero-order chi connectivity index (χ0) is 25.5. The molecule has 37 heavy (non-hydrogen) atoms. The second-order valence-electron chi connectivity index (χ2n) is 11.2. The molecular weight excluding hydrogens is 446 g/mol. The number of hydrogen-bond acceptors (Lipinski definition) is 1. The summed E-state index contributed by atoms with van der Waals surface area (Å²) in [6.45, 7) is 2.30. The number of pyridine rings is 1. The summed E-state index contributed by atoms with van der Waals surface area (Å²) in [5.41, 5.74) is 3.79. The highest BCUT2D eigenvalue weighted by Gasteiger charge is 2.11. The largest absolute Gasteiger partial charge is 0.247 e. The van der Waals surface area contributed by atoms with Crippen molar-refractivity contribution >= 4 is 32.6 Å². The SMILES string of the molecule is CCCCCCCCCCCCCCCCCCCc1c2ccccc2nc2c1ccc1ccccc12. The van der Waals surface area contributed by atoms with Crippen molar-refractivity contribution < 1.29 is 0 Å². The van der Waals surface area contributed by atoms with E-state index in [1.165, 1.54) is 142 Å². The molecule has 0 saturated carbocycles. The van der Waals surface area contributed by atoms with Crippen LogP contribution < -0.4 is 0 Å². The monoisotopic (exact) mass is 495 g/mol. The van der Waals surface area contributed by atoms with Crippen LogP contribution in [0.4, 0.5) is 0 Å². The summed E-state index contributed by atoms with van der Waals surface area (Å²) in [5.74, 6) is 0. The van der Waals surface area contributed by atoms with Gasteiger partial charge in [-0.15, -0.1) is 0 Å². The standard InChI is InChI=1S/C36H49N/c1-2-3-4-5-6-7-8-9-10-11-12-13-14-15-16-17-18-25-32-33-26-21-22-27-35(33)37-36-31-24-20-19-23-30(31)28-29-34(32)36/h19-24,26-29H,2-18,25H2,1H3. The first kappa shape index (κ1) is 27.6. The Hall–Kier alpha value is -2.41. The van der Waals surface area contributed by atoms with Crippen LogP contribution in [-0.4, -0.2) is 4.98 Å². The number of aromatic nitrogens is 1. The van der Waals surface area contributed by atoms with Gasteiger partial charge in [0.1, 0.15) is 0 Å². The Morgan fingerprint density at radius 1 is 0.459 bits per heavy atom. The van der Waals surface area contributed by atoms with E-state index in [1.807, 2.05) is 0 Å². The Morgan fingerprint density at radius 3 is 1.59 bits per heavy atom. The Morgan fingerprint density at radius 2 is 0.973 bits per heavy atom. The van der Waals surface area contributed by atoms with Gasteiger partial charge in [0.25, 0.3) is 0 Å². The average Bonchev–Trinajstić information content (AvgIpc) is 2.94. The Balaban J connectivity index is 1.14. The van der Waals surface area contributed by atoms with E-state index >= 15 is 0 Å². The third-order valence-electron chi connectivity index (χ3n) is 8.22. The van der Waals surface area contributed by atoms with Crippen LogP contribution in [0, 0.1) is 0 Å². The van der Waals surface area contributed by atoms with E-state index in [4.69, 9.17) is 4.98 Å². The summed E-state index contributed by atoms with van der Waals surface area (Å²) in [7, 11) is 0. The summed E-state index contributed by atoms with van der Waals surface area (Å²) in [6, 6.07) is 22.0. The molecule has 0 N–H and O–H groups in total. The van der Waals surface area contributed by atoms with Gasteiger partial charge in [-0.2, -0.15) is 0 Å². The van der Waals surface area contributed by atoms with Crippen molar-refractivity contribution in [1.82, 2.24) is 4.98 Å². The lowest BCUT2D eigenvalue weighted by molar-refractivity contribution is 0.527. The van der Waals surface area contributed by atoms with E-state index in [0.29, 0.717) is 0 Å². The maximum atomic E-state index is 5.09. The fourth-order valence-electron chi connectivity index (χ4n) is 6.01. The van der Waals surface area contributed by atoms with Crippen molar-refractivity contribution in [2.75, 3.05) is 0 Å². The molecule has 0 saturated heterocycles. The van der Waals surface area contributed by atoms with E-state index in [1.54, 1.807) is 0 Å². The average molecular weight is 496 g/mol. The lowest BCUT2D eigenvalue weighted by Gasteiger charge is -2.13. The number of nitrogens with zero attached hydrogens (tertiary/aromatic N) is 1. The molecule has 1 nitrogen and oxygen atoms in total. The third kappa shape index (κ3) is 8.29. The first-order valence-electron chi connectivity index (χ1n) is 15.6. The number of benzene rings is 3. The molecule has 198 valence electrons. The van der Waals surface area contributed by atoms with E-state index < -0.39 is 0 Å². The minimum atomic E-state index is 1.13. The molecule has 0 radical (unpaired) electrons. The molecule has 1 heterocycles. The molecule has 1 heteroatoms. The minimum absolute atomic E-state index is 1.13. The van der Waals surface area contributed by atoms with E-state index in [9.17, 15) is 0 Å². The summed E-state index contributed by atoms with van der Waals surface area (Å²) in [6.07, 6.45) is 25.3. The topological polar surface area (TPSA) is 12.9 Å². The molecule has 0 amide bonds. The van der Waals surface area contributed by atoms with Gasteiger partial charge in [0.15, 0.2) is 0 Å². The molecular formula is C36H49N. The van der Waals surface area contributed by atoms with Gasteiger partial charge in [0, 0.05) is 16.2 Å². The molecule has 1 aromatic heterocycles. The van der Waals surface area contributed by atoms with Crippen molar-refractivity contribution in [3.8, 4) is 0 Å². The molecule has 0 aliphatic carbocycles. The van der Waals surface area contributed by atoms with Gasteiger partial charge in [-0.1, -0.05) is 164 Å². The fourth-order valence-corrected chi connectivity index (χ4v) is 6.01. The molecule has 0 bridgehead atoms. The van der Waals surface area contributed by atoms with Crippen LogP contribution in [0.1, 0.15) is 122 Å².